The van der Waals surface area contributed by atoms with Crippen LogP contribution in [0.4, 0.5) is 18.9 Å². The van der Waals surface area contributed by atoms with Crippen LogP contribution in [-0.4, -0.2) is 25.9 Å². The third kappa shape index (κ3) is 6.32. The average molecular weight is 329 g/mol. The van der Waals surface area contributed by atoms with E-state index in [0.717, 1.165) is 19.0 Å². The summed E-state index contributed by atoms with van der Waals surface area (Å²) in [6, 6.07) is 7.70. The van der Waals surface area contributed by atoms with Gasteiger partial charge in [-0.2, -0.15) is 13.2 Å². The fraction of sp³-hybridized carbons (Fsp3) is 0.667. The van der Waals surface area contributed by atoms with E-state index >= 15 is 0 Å². The zero-order valence-electron chi connectivity index (χ0n) is 13.7. The molecule has 23 heavy (non-hydrogen) atoms. The van der Waals surface area contributed by atoms with E-state index in [1.807, 2.05) is 24.3 Å². The third-order valence-corrected chi connectivity index (χ3v) is 4.39. The lowest BCUT2D eigenvalue weighted by atomic mass is 9.92. The lowest BCUT2D eigenvalue weighted by Crippen LogP contribution is -2.33. The molecule has 0 N–H and O–H groups in total. The Hall–Kier alpha value is -1.39. The molecule has 0 amide bonds. The van der Waals surface area contributed by atoms with Crippen molar-refractivity contribution < 1.29 is 17.9 Å². The highest BCUT2D eigenvalue weighted by Gasteiger charge is 2.26. The molecule has 0 unspecified atom stereocenters. The number of benzene rings is 1. The molecule has 5 heteroatoms. The molecule has 130 valence electrons. The van der Waals surface area contributed by atoms with E-state index in [-0.39, 0.29) is 13.0 Å². The molecular formula is C18H26F3NO. The van der Waals surface area contributed by atoms with E-state index < -0.39 is 12.6 Å². The van der Waals surface area contributed by atoms with Gasteiger partial charge in [0, 0.05) is 25.2 Å². The SMILES string of the molecule is CCCC1CCN(c2ccc(OCCCC(F)(F)F)cc2)CC1. The minimum absolute atomic E-state index is 0.00378. The number of piperidine rings is 1. The van der Waals surface area contributed by atoms with Crippen molar-refractivity contribution in [2.75, 3.05) is 24.6 Å². The summed E-state index contributed by atoms with van der Waals surface area (Å²) in [7, 11) is 0. The first kappa shape index (κ1) is 18.0. The van der Waals surface area contributed by atoms with Gasteiger partial charge in [-0.1, -0.05) is 19.8 Å². The number of halogens is 3. The van der Waals surface area contributed by atoms with Gasteiger partial charge in [-0.3, -0.25) is 0 Å². The number of ether oxygens (including phenoxy) is 1. The Kier molecular flexibility index (Phi) is 6.60. The van der Waals surface area contributed by atoms with E-state index in [1.165, 1.54) is 31.4 Å². The molecule has 0 aliphatic carbocycles. The van der Waals surface area contributed by atoms with Gasteiger partial charge in [0.1, 0.15) is 5.75 Å². The Morgan fingerprint density at radius 2 is 1.78 bits per heavy atom. The topological polar surface area (TPSA) is 12.5 Å². The van der Waals surface area contributed by atoms with Crippen LogP contribution in [0.1, 0.15) is 45.4 Å². The van der Waals surface area contributed by atoms with Crippen molar-refractivity contribution in [3.8, 4) is 5.75 Å². The molecule has 1 aromatic rings. The van der Waals surface area contributed by atoms with Gasteiger partial charge in [0.2, 0.25) is 0 Å². The normalized spacial score (nSPS) is 16.6. The lowest BCUT2D eigenvalue weighted by Gasteiger charge is -2.33. The molecule has 1 heterocycles. The highest BCUT2D eigenvalue weighted by atomic mass is 19.4. The fourth-order valence-electron chi connectivity index (χ4n) is 3.10. The van der Waals surface area contributed by atoms with Crippen molar-refractivity contribution in [2.45, 2.75) is 51.6 Å². The molecule has 1 aromatic carbocycles. The summed E-state index contributed by atoms with van der Waals surface area (Å²) in [6.45, 7) is 4.49. The van der Waals surface area contributed by atoms with Crippen LogP contribution >= 0.6 is 0 Å². The number of nitrogens with zero attached hydrogens (tertiary/aromatic N) is 1. The second-order valence-electron chi connectivity index (χ2n) is 6.28. The maximum absolute atomic E-state index is 12.1. The zero-order valence-corrected chi connectivity index (χ0v) is 13.7. The first-order chi connectivity index (χ1) is 11.0. The molecule has 1 aliphatic heterocycles. The number of hydrogen-bond acceptors (Lipinski definition) is 2. The zero-order chi connectivity index (χ0) is 16.7. The van der Waals surface area contributed by atoms with Gasteiger partial charge < -0.3 is 9.64 Å². The molecule has 0 aromatic heterocycles. The standard InChI is InChI=1S/C18H26F3NO/c1-2-4-15-9-12-22(13-10-15)16-5-7-17(8-6-16)23-14-3-11-18(19,20)21/h5-8,15H,2-4,9-14H2,1H3. The van der Waals surface area contributed by atoms with Crippen LogP contribution in [0.15, 0.2) is 24.3 Å². The molecule has 2 rings (SSSR count). The largest absolute Gasteiger partial charge is 0.494 e. The van der Waals surface area contributed by atoms with Crippen LogP contribution in [0.5, 0.6) is 5.75 Å². The lowest BCUT2D eigenvalue weighted by molar-refractivity contribution is -0.136. The number of hydrogen-bond donors (Lipinski definition) is 0. The second kappa shape index (κ2) is 8.46. The Morgan fingerprint density at radius 3 is 2.35 bits per heavy atom. The molecule has 0 bridgehead atoms. The first-order valence-electron chi connectivity index (χ1n) is 8.52. The maximum Gasteiger partial charge on any atom is 0.389 e. The van der Waals surface area contributed by atoms with E-state index in [1.54, 1.807) is 0 Å². The second-order valence-corrected chi connectivity index (χ2v) is 6.28. The van der Waals surface area contributed by atoms with Crippen molar-refractivity contribution >= 4 is 5.69 Å². The van der Waals surface area contributed by atoms with E-state index in [0.29, 0.717) is 5.75 Å². The summed E-state index contributed by atoms with van der Waals surface area (Å²) in [5.74, 6) is 1.49. The Balaban J connectivity index is 1.74. The summed E-state index contributed by atoms with van der Waals surface area (Å²) in [6.07, 6.45) is 0.155. The van der Waals surface area contributed by atoms with Gasteiger partial charge in [0.25, 0.3) is 0 Å². The monoisotopic (exact) mass is 329 g/mol. The smallest absolute Gasteiger partial charge is 0.389 e. The van der Waals surface area contributed by atoms with Crippen LogP contribution in [-0.2, 0) is 0 Å². The van der Waals surface area contributed by atoms with E-state index in [9.17, 15) is 13.2 Å². The predicted molar refractivity (Wildman–Crippen MR) is 87.1 cm³/mol. The molecule has 0 radical (unpaired) electrons. The van der Waals surface area contributed by atoms with Crippen LogP contribution in [0.3, 0.4) is 0 Å². The van der Waals surface area contributed by atoms with Gasteiger partial charge in [-0.25, -0.2) is 0 Å². The van der Waals surface area contributed by atoms with Gasteiger partial charge in [-0.15, -0.1) is 0 Å². The minimum atomic E-state index is -4.10. The maximum atomic E-state index is 12.1. The molecular weight excluding hydrogens is 303 g/mol. The predicted octanol–water partition coefficient (Wildman–Crippen LogP) is 5.42. The molecule has 1 aliphatic rings. The van der Waals surface area contributed by atoms with Crippen molar-refractivity contribution in [1.29, 1.82) is 0 Å². The summed E-state index contributed by atoms with van der Waals surface area (Å²) in [4.78, 5) is 2.37. The average Bonchev–Trinajstić information content (AvgIpc) is 2.52. The van der Waals surface area contributed by atoms with Crippen LogP contribution in [0.2, 0.25) is 0 Å². The molecule has 1 saturated heterocycles. The molecule has 0 spiro atoms. The van der Waals surface area contributed by atoms with Crippen LogP contribution in [0.25, 0.3) is 0 Å². The van der Waals surface area contributed by atoms with Crippen molar-refractivity contribution in [2.24, 2.45) is 5.92 Å². The molecule has 1 fully saturated rings. The van der Waals surface area contributed by atoms with Crippen molar-refractivity contribution in [1.82, 2.24) is 0 Å². The van der Waals surface area contributed by atoms with E-state index in [2.05, 4.69) is 11.8 Å². The Morgan fingerprint density at radius 1 is 1.13 bits per heavy atom. The van der Waals surface area contributed by atoms with Gasteiger partial charge in [0.05, 0.1) is 6.61 Å². The quantitative estimate of drug-likeness (QED) is 0.619. The molecule has 0 atom stereocenters. The number of anilines is 1. The third-order valence-electron chi connectivity index (χ3n) is 4.39. The first-order valence-corrected chi connectivity index (χ1v) is 8.52. The van der Waals surface area contributed by atoms with Crippen LogP contribution in [0, 0.1) is 5.92 Å². The van der Waals surface area contributed by atoms with Gasteiger partial charge in [0.15, 0.2) is 0 Å². The summed E-state index contributed by atoms with van der Waals surface area (Å²) < 4.78 is 41.5. The summed E-state index contributed by atoms with van der Waals surface area (Å²) in [5, 5.41) is 0. The van der Waals surface area contributed by atoms with Crippen molar-refractivity contribution in [3.63, 3.8) is 0 Å². The Bertz CT molecular complexity index is 450. The van der Waals surface area contributed by atoms with Gasteiger partial charge >= 0.3 is 6.18 Å². The fourth-order valence-corrected chi connectivity index (χ4v) is 3.10. The summed E-state index contributed by atoms with van der Waals surface area (Å²) >= 11 is 0. The van der Waals surface area contributed by atoms with Crippen LogP contribution < -0.4 is 9.64 Å². The highest BCUT2D eigenvalue weighted by Crippen LogP contribution is 2.27. The minimum Gasteiger partial charge on any atom is -0.494 e. The van der Waals surface area contributed by atoms with Gasteiger partial charge in [-0.05, 0) is 49.4 Å². The summed E-state index contributed by atoms with van der Waals surface area (Å²) in [5.41, 5.74) is 1.17. The number of rotatable bonds is 7. The Labute approximate surface area is 136 Å². The van der Waals surface area contributed by atoms with Crippen molar-refractivity contribution in [3.05, 3.63) is 24.3 Å². The molecule has 0 saturated carbocycles. The number of alkyl halides is 3. The molecule has 2 nitrogen and oxygen atoms in total. The van der Waals surface area contributed by atoms with E-state index in [4.69, 9.17) is 4.74 Å². The highest BCUT2D eigenvalue weighted by molar-refractivity contribution is 5.49.